The molecule has 2 aliphatic rings. The minimum atomic E-state index is -4.16. The van der Waals surface area contributed by atoms with E-state index in [1.165, 1.54) is 25.0 Å². The van der Waals surface area contributed by atoms with Gasteiger partial charge in [-0.3, -0.25) is 4.79 Å². The number of amides is 1. The molecule has 1 fully saturated rings. The first-order chi connectivity index (χ1) is 22.2. The summed E-state index contributed by atoms with van der Waals surface area (Å²) in [6, 6.07) is 13.3. The Labute approximate surface area is 269 Å². The number of fused-ring (bicyclic) bond motifs is 4. The molecule has 46 heavy (non-hydrogen) atoms. The third-order valence-electron chi connectivity index (χ3n) is 8.25. The van der Waals surface area contributed by atoms with Crippen molar-refractivity contribution in [3.05, 3.63) is 83.4 Å². The number of ether oxygens (including phenoxy) is 2. The number of aryl methyl sites for hydroxylation is 2. The summed E-state index contributed by atoms with van der Waals surface area (Å²) >= 11 is 0. The molecule has 0 saturated heterocycles. The summed E-state index contributed by atoms with van der Waals surface area (Å²) in [5.74, 6) is 1.35. The van der Waals surface area contributed by atoms with Crippen LogP contribution in [0.2, 0.25) is 0 Å². The zero-order valence-corrected chi connectivity index (χ0v) is 27.1. The monoisotopic (exact) mass is 642 g/mol. The minimum absolute atomic E-state index is 0.0794. The largest absolute Gasteiger partial charge is 0.490 e. The molecule has 11 nitrogen and oxygen atoms in total. The van der Waals surface area contributed by atoms with Gasteiger partial charge in [0.2, 0.25) is 11.8 Å². The fraction of sp³-hybridized carbons (Fsp3) is 0.382. The van der Waals surface area contributed by atoms with Gasteiger partial charge in [0.05, 0.1) is 42.2 Å². The number of carbonyl (C=O) groups is 1. The van der Waals surface area contributed by atoms with Gasteiger partial charge in [0, 0.05) is 17.2 Å². The molecule has 0 spiro atoms. The molecule has 3 heterocycles. The molecule has 1 amide bonds. The fourth-order valence-electron chi connectivity index (χ4n) is 5.62. The summed E-state index contributed by atoms with van der Waals surface area (Å²) in [5.41, 5.74) is 3.59. The predicted molar refractivity (Wildman–Crippen MR) is 173 cm³/mol. The first-order valence-corrected chi connectivity index (χ1v) is 17.1. The second-order valence-corrected chi connectivity index (χ2v) is 13.6. The summed E-state index contributed by atoms with van der Waals surface area (Å²) in [4.78, 5) is 33.9. The number of benzene rings is 2. The molecule has 12 heteroatoms. The Kier molecular flexibility index (Phi) is 9.16. The van der Waals surface area contributed by atoms with Crippen molar-refractivity contribution in [3.8, 4) is 22.9 Å². The van der Waals surface area contributed by atoms with Crippen LogP contribution in [0, 0.1) is 19.8 Å². The summed E-state index contributed by atoms with van der Waals surface area (Å²) in [6.07, 6.45) is 8.03. The highest BCUT2D eigenvalue weighted by Gasteiger charge is 2.31. The van der Waals surface area contributed by atoms with Crippen LogP contribution in [-0.2, 0) is 16.6 Å². The van der Waals surface area contributed by atoms with E-state index < -0.39 is 10.0 Å². The molecule has 1 atom stereocenters. The molecule has 0 unspecified atom stereocenters. The number of aromatic nitrogens is 4. The minimum Gasteiger partial charge on any atom is -0.490 e. The molecule has 2 aromatic heterocycles. The van der Waals surface area contributed by atoms with Gasteiger partial charge in [0.15, 0.2) is 5.75 Å². The number of nitrogens with one attached hydrogen (secondary N) is 1. The Morgan fingerprint density at radius 2 is 1.74 bits per heavy atom. The molecule has 2 aromatic carbocycles. The third kappa shape index (κ3) is 7.28. The van der Waals surface area contributed by atoms with Crippen LogP contribution < -0.4 is 14.2 Å². The molecule has 4 aromatic rings. The van der Waals surface area contributed by atoms with Crippen LogP contribution in [0.5, 0.6) is 11.6 Å². The number of anilines is 1. The smallest absolute Gasteiger partial charge is 0.264 e. The van der Waals surface area contributed by atoms with Gasteiger partial charge in [-0.2, -0.15) is 4.98 Å². The standard InChI is InChI=1S/C34H38N6O5S/c1-4-15-44-27-18-35-30(36-19-27)20-40-26(14-13-24-11-12-24)21-45-31-17-29(32-22(2)7-5-8-23(32)3)37-34(38-31)39-46(42,43)28-10-6-9-25(16-28)33(40)41/h5-10,16-19,24,26H,4,11-15,20-21H2,1-3H3,(H,37,38,39)/t26-/m1/s1. The Bertz CT molecular complexity index is 1810. The van der Waals surface area contributed by atoms with Crippen molar-refractivity contribution in [3.63, 3.8) is 0 Å². The second kappa shape index (κ2) is 13.4. The number of rotatable bonds is 9. The van der Waals surface area contributed by atoms with E-state index in [4.69, 9.17) is 9.47 Å². The van der Waals surface area contributed by atoms with Crippen LogP contribution in [0.4, 0.5) is 5.95 Å². The predicted octanol–water partition coefficient (Wildman–Crippen LogP) is 5.73. The lowest BCUT2D eigenvalue weighted by molar-refractivity contribution is 0.0560. The maximum absolute atomic E-state index is 14.3. The number of hydrogen-bond acceptors (Lipinski definition) is 9. The van der Waals surface area contributed by atoms with Gasteiger partial charge in [-0.05, 0) is 68.4 Å². The molecule has 1 aliphatic heterocycles. The van der Waals surface area contributed by atoms with Crippen molar-refractivity contribution in [1.82, 2.24) is 24.8 Å². The molecule has 240 valence electrons. The third-order valence-corrected chi connectivity index (χ3v) is 9.58. The fourth-order valence-corrected chi connectivity index (χ4v) is 6.61. The van der Waals surface area contributed by atoms with E-state index in [0.29, 0.717) is 36.2 Å². The summed E-state index contributed by atoms with van der Waals surface area (Å²) < 4.78 is 41.7. The van der Waals surface area contributed by atoms with E-state index in [1.807, 2.05) is 39.0 Å². The normalized spacial score (nSPS) is 17.6. The first-order valence-electron chi connectivity index (χ1n) is 15.7. The molecular formula is C34H38N6O5S. The lowest BCUT2D eigenvalue weighted by atomic mass is 10.00. The lowest BCUT2D eigenvalue weighted by Crippen LogP contribution is -2.44. The Morgan fingerprint density at radius 1 is 1.00 bits per heavy atom. The van der Waals surface area contributed by atoms with Gasteiger partial charge < -0.3 is 14.4 Å². The number of carbonyl (C=O) groups excluding carboxylic acids is 1. The number of nitrogens with zero attached hydrogens (tertiary/aromatic N) is 5. The summed E-state index contributed by atoms with van der Waals surface area (Å²) in [5, 5.41) is 0. The topological polar surface area (TPSA) is 136 Å². The van der Waals surface area contributed by atoms with Crippen molar-refractivity contribution in [2.45, 2.75) is 70.4 Å². The second-order valence-electron chi connectivity index (χ2n) is 11.9. The molecule has 4 bridgehead atoms. The quantitative estimate of drug-likeness (QED) is 0.243. The van der Waals surface area contributed by atoms with Gasteiger partial charge >= 0.3 is 0 Å². The zero-order chi connectivity index (χ0) is 32.3. The van der Waals surface area contributed by atoms with E-state index >= 15 is 0 Å². The molecule has 6 rings (SSSR count). The molecule has 1 saturated carbocycles. The maximum Gasteiger partial charge on any atom is 0.264 e. The lowest BCUT2D eigenvalue weighted by Gasteiger charge is -2.31. The van der Waals surface area contributed by atoms with E-state index in [-0.39, 0.29) is 47.4 Å². The van der Waals surface area contributed by atoms with Gasteiger partial charge in [-0.1, -0.05) is 44.0 Å². The van der Waals surface area contributed by atoms with Crippen molar-refractivity contribution in [1.29, 1.82) is 0 Å². The highest BCUT2D eigenvalue weighted by molar-refractivity contribution is 7.92. The van der Waals surface area contributed by atoms with Crippen LogP contribution in [0.1, 0.15) is 66.3 Å². The van der Waals surface area contributed by atoms with Crippen molar-refractivity contribution < 1.29 is 22.7 Å². The maximum atomic E-state index is 14.3. The summed E-state index contributed by atoms with van der Waals surface area (Å²) in [6.45, 7) is 6.76. The average Bonchev–Trinajstić information content (AvgIpc) is 3.87. The van der Waals surface area contributed by atoms with Crippen LogP contribution in [-0.4, -0.2) is 58.4 Å². The van der Waals surface area contributed by atoms with Crippen LogP contribution >= 0.6 is 0 Å². The zero-order valence-electron chi connectivity index (χ0n) is 26.3. The Balaban J connectivity index is 1.43. The van der Waals surface area contributed by atoms with Crippen molar-refractivity contribution in [2.24, 2.45) is 5.92 Å². The Morgan fingerprint density at radius 3 is 2.46 bits per heavy atom. The van der Waals surface area contributed by atoms with Gasteiger partial charge in [0.25, 0.3) is 15.9 Å². The van der Waals surface area contributed by atoms with Crippen molar-refractivity contribution >= 4 is 21.9 Å². The van der Waals surface area contributed by atoms with Crippen LogP contribution in [0.3, 0.4) is 0 Å². The van der Waals surface area contributed by atoms with E-state index in [9.17, 15) is 13.2 Å². The SMILES string of the molecule is CCCOc1cnc(CN2C(=O)c3cccc(c3)S(=O)(=O)Nc3nc(cc(-c4c(C)cccc4C)n3)OC[C@H]2CCC2CC2)nc1. The number of sulfonamides is 1. The van der Waals surface area contributed by atoms with Gasteiger partial charge in [-0.15, -0.1) is 0 Å². The van der Waals surface area contributed by atoms with E-state index in [1.54, 1.807) is 35.5 Å². The highest BCUT2D eigenvalue weighted by atomic mass is 32.2. The summed E-state index contributed by atoms with van der Waals surface area (Å²) in [7, 11) is -4.16. The van der Waals surface area contributed by atoms with Crippen molar-refractivity contribution in [2.75, 3.05) is 17.9 Å². The number of hydrogen-bond donors (Lipinski definition) is 1. The van der Waals surface area contributed by atoms with Gasteiger partial charge in [0.1, 0.15) is 12.4 Å². The van der Waals surface area contributed by atoms with Gasteiger partial charge in [-0.25, -0.2) is 28.1 Å². The molecule has 0 radical (unpaired) electrons. The molecular weight excluding hydrogens is 604 g/mol. The highest BCUT2D eigenvalue weighted by Crippen LogP contribution is 2.35. The van der Waals surface area contributed by atoms with E-state index in [2.05, 4.69) is 24.7 Å². The molecule has 1 aliphatic carbocycles. The molecule has 1 N–H and O–H groups in total. The Hall–Kier alpha value is -4.58. The first kappa shape index (κ1) is 31.4. The van der Waals surface area contributed by atoms with Crippen LogP contribution in [0.25, 0.3) is 11.3 Å². The average molecular weight is 643 g/mol. The van der Waals surface area contributed by atoms with E-state index in [0.717, 1.165) is 29.5 Å². The van der Waals surface area contributed by atoms with Crippen LogP contribution in [0.15, 0.2) is 65.8 Å².